The molecule has 18 heavy (non-hydrogen) atoms. The molecule has 0 saturated carbocycles. The summed E-state index contributed by atoms with van der Waals surface area (Å²) in [7, 11) is 1.19. The van der Waals surface area contributed by atoms with Crippen LogP contribution in [0.3, 0.4) is 0 Å². The Kier molecular flexibility index (Phi) is 4.55. The van der Waals surface area contributed by atoms with Gasteiger partial charge in [0.05, 0.1) is 11.5 Å². The highest BCUT2D eigenvalue weighted by Crippen LogP contribution is 2.25. The lowest BCUT2D eigenvalue weighted by Gasteiger charge is -2.16. The fraction of sp³-hybridized carbons (Fsp3) is 0.300. The number of carbonyl (C=O) groups is 1. The fourth-order valence-electron chi connectivity index (χ4n) is 1.30. The van der Waals surface area contributed by atoms with Gasteiger partial charge in [0, 0.05) is 18.7 Å². The van der Waals surface area contributed by atoms with E-state index in [1.54, 1.807) is 0 Å². The third-order valence-corrected chi connectivity index (χ3v) is 2.47. The van der Waals surface area contributed by atoms with Crippen LogP contribution in [-0.2, 0) is 0 Å². The molecule has 0 radical (unpaired) electrons. The van der Waals surface area contributed by atoms with E-state index in [4.69, 9.17) is 11.6 Å². The van der Waals surface area contributed by atoms with Crippen LogP contribution in [0.5, 0.6) is 0 Å². The maximum atomic E-state index is 12.1. The van der Waals surface area contributed by atoms with Crippen molar-refractivity contribution in [3.63, 3.8) is 0 Å². The van der Waals surface area contributed by atoms with Crippen molar-refractivity contribution in [1.29, 1.82) is 0 Å². The average Bonchev–Trinajstić information content (AvgIpc) is 2.27. The summed E-state index contributed by atoms with van der Waals surface area (Å²) in [5, 5.41) is 10.5. The lowest BCUT2D eigenvalue weighted by Crippen LogP contribution is -2.31. The van der Waals surface area contributed by atoms with Crippen molar-refractivity contribution in [2.75, 3.05) is 13.6 Å². The molecule has 1 rings (SSSR count). The third kappa shape index (κ3) is 3.36. The van der Waals surface area contributed by atoms with E-state index in [0.717, 1.165) is 11.0 Å². The first-order valence-electron chi connectivity index (χ1n) is 4.80. The van der Waals surface area contributed by atoms with Gasteiger partial charge in [-0.1, -0.05) is 11.6 Å². The molecule has 0 N–H and O–H groups in total. The predicted octanol–water partition coefficient (Wildman–Crippen LogP) is 2.59. The number of carbonyl (C=O) groups excluding carboxylic acids is 1. The van der Waals surface area contributed by atoms with Crippen molar-refractivity contribution in [2.24, 2.45) is 0 Å². The van der Waals surface area contributed by atoms with Gasteiger partial charge in [-0.05, 0) is 12.1 Å². The number of rotatable bonds is 4. The van der Waals surface area contributed by atoms with Gasteiger partial charge in [-0.2, -0.15) is 0 Å². The minimum absolute atomic E-state index is 0.0609. The lowest BCUT2D eigenvalue weighted by molar-refractivity contribution is -0.384. The van der Waals surface area contributed by atoms with Crippen LogP contribution in [-0.4, -0.2) is 35.7 Å². The molecule has 8 heteroatoms. The highest BCUT2D eigenvalue weighted by molar-refractivity contribution is 6.32. The third-order valence-electron chi connectivity index (χ3n) is 2.15. The Morgan fingerprint density at radius 3 is 2.67 bits per heavy atom. The van der Waals surface area contributed by atoms with Gasteiger partial charge >= 0.3 is 0 Å². The number of alkyl halides is 2. The van der Waals surface area contributed by atoms with Crippen LogP contribution in [0.4, 0.5) is 14.5 Å². The number of benzene rings is 1. The van der Waals surface area contributed by atoms with Gasteiger partial charge in [-0.25, -0.2) is 8.78 Å². The Labute approximate surface area is 106 Å². The zero-order valence-corrected chi connectivity index (χ0v) is 10.0. The van der Waals surface area contributed by atoms with Gasteiger partial charge in [0.25, 0.3) is 18.0 Å². The predicted molar refractivity (Wildman–Crippen MR) is 61.1 cm³/mol. The van der Waals surface area contributed by atoms with E-state index < -0.39 is 29.5 Å². The van der Waals surface area contributed by atoms with Crippen LogP contribution in [0.1, 0.15) is 10.4 Å². The minimum Gasteiger partial charge on any atom is -0.336 e. The Balaban J connectivity index is 3.00. The average molecular weight is 279 g/mol. The van der Waals surface area contributed by atoms with Crippen molar-refractivity contribution >= 4 is 23.2 Å². The van der Waals surface area contributed by atoms with Crippen molar-refractivity contribution < 1.29 is 18.5 Å². The molecule has 0 aliphatic rings. The SMILES string of the molecule is CN(CC(F)F)C(=O)c1ccc(Cl)c([N+](=O)[O-])c1. The Morgan fingerprint density at radius 1 is 1.56 bits per heavy atom. The molecule has 0 spiro atoms. The zero-order valence-electron chi connectivity index (χ0n) is 9.27. The lowest BCUT2D eigenvalue weighted by atomic mass is 10.2. The maximum Gasteiger partial charge on any atom is 0.288 e. The normalized spacial score (nSPS) is 10.5. The number of nitro groups is 1. The Bertz CT molecular complexity index is 482. The summed E-state index contributed by atoms with van der Waals surface area (Å²) < 4.78 is 24.2. The van der Waals surface area contributed by atoms with Gasteiger partial charge in [0.2, 0.25) is 0 Å². The van der Waals surface area contributed by atoms with E-state index in [0.29, 0.717) is 0 Å². The molecule has 0 unspecified atom stereocenters. The molecular formula is C10H9ClF2N2O3. The quantitative estimate of drug-likeness (QED) is 0.628. The monoisotopic (exact) mass is 278 g/mol. The molecule has 0 bridgehead atoms. The van der Waals surface area contributed by atoms with E-state index >= 15 is 0 Å². The van der Waals surface area contributed by atoms with E-state index in [9.17, 15) is 23.7 Å². The van der Waals surface area contributed by atoms with Crippen molar-refractivity contribution in [3.8, 4) is 0 Å². The molecule has 0 heterocycles. The molecular weight excluding hydrogens is 270 g/mol. The van der Waals surface area contributed by atoms with Crippen molar-refractivity contribution in [1.82, 2.24) is 4.90 Å². The summed E-state index contributed by atoms with van der Waals surface area (Å²) in [6, 6.07) is 3.40. The summed E-state index contributed by atoms with van der Waals surface area (Å²) in [6.07, 6.45) is -2.67. The second kappa shape index (κ2) is 5.72. The largest absolute Gasteiger partial charge is 0.336 e. The van der Waals surface area contributed by atoms with E-state index in [1.165, 1.54) is 19.2 Å². The molecule has 1 amide bonds. The van der Waals surface area contributed by atoms with Crippen LogP contribution < -0.4 is 0 Å². The van der Waals surface area contributed by atoms with E-state index in [1.807, 2.05) is 0 Å². The molecule has 98 valence electrons. The van der Waals surface area contributed by atoms with Crippen LogP contribution in [0, 0.1) is 10.1 Å². The van der Waals surface area contributed by atoms with Gasteiger partial charge in [-0.3, -0.25) is 14.9 Å². The minimum atomic E-state index is -2.67. The molecule has 1 aromatic carbocycles. The number of nitrogens with zero attached hydrogens (tertiary/aromatic N) is 2. The summed E-state index contributed by atoms with van der Waals surface area (Å²) in [6.45, 7) is -0.741. The smallest absolute Gasteiger partial charge is 0.288 e. The molecule has 0 aliphatic heterocycles. The number of nitro benzene ring substituents is 1. The first kappa shape index (κ1) is 14.3. The van der Waals surface area contributed by atoms with Crippen LogP contribution in [0.15, 0.2) is 18.2 Å². The van der Waals surface area contributed by atoms with Crippen LogP contribution in [0.25, 0.3) is 0 Å². The van der Waals surface area contributed by atoms with Gasteiger partial charge in [0.15, 0.2) is 0 Å². The molecule has 0 aromatic heterocycles. The number of halogens is 3. The van der Waals surface area contributed by atoms with Gasteiger partial charge < -0.3 is 4.90 Å². The van der Waals surface area contributed by atoms with Gasteiger partial charge in [0.1, 0.15) is 5.02 Å². The zero-order chi connectivity index (χ0) is 13.9. The fourth-order valence-corrected chi connectivity index (χ4v) is 1.48. The molecule has 0 aliphatic carbocycles. The first-order chi connectivity index (χ1) is 8.32. The molecule has 1 aromatic rings. The molecule has 0 saturated heterocycles. The molecule has 0 fully saturated rings. The van der Waals surface area contributed by atoms with Crippen LogP contribution >= 0.6 is 11.6 Å². The van der Waals surface area contributed by atoms with Crippen LogP contribution in [0.2, 0.25) is 5.02 Å². The summed E-state index contributed by atoms with van der Waals surface area (Å²) in [5.74, 6) is -0.727. The van der Waals surface area contributed by atoms with Crippen molar-refractivity contribution in [2.45, 2.75) is 6.43 Å². The van der Waals surface area contributed by atoms with E-state index in [2.05, 4.69) is 0 Å². The second-order valence-corrected chi connectivity index (χ2v) is 3.91. The maximum absolute atomic E-state index is 12.1. The first-order valence-corrected chi connectivity index (χ1v) is 5.18. The summed E-state index contributed by atoms with van der Waals surface area (Å²) in [5.41, 5.74) is -0.498. The van der Waals surface area contributed by atoms with Gasteiger partial charge in [-0.15, -0.1) is 0 Å². The topological polar surface area (TPSA) is 63.5 Å². The van der Waals surface area contributed by atoms with Crippen molar-refractivity contribution in [3.05, 3.63) is 38.9 Å². The Hall–Kier alpha value is -1.76. The summed E-state index contributed by atoms with van der Waals surface area (Å²) >= 11 is 5.57. The second-order valence-electron chi connectivity index (χ2n) is 3.50. The standard InChI is InChI=1S/C10H9ClF2N2O3/c1-14(5-9(12)13)10(16)6-2-3-7(11)8(4-6)15(17)18/h2-4,9H,5H2,1H3. The Morgan fingerprint density at radius 2 is 2.17 bits per heavy atom. The highest BCUT2D eigenvalue weighted by atomic mass is 35.5. The van der Waals surface area contributed by atoms with E-state index in [-0.39, 0.29) is 10.6 Å². The highest BCUT2D eigenvalue weighted by Gasteiger charge is 2.20. The summed E-state index contributed by atoms with van der Waals surface area (Å²) in [4.78, 5) is 22.4. The molecule has 5 nitrogen and oxygen atoms in total. The number of hydrogen-bond acceptors (Lipinski definition) is 3. The number of hydrogen-bond donors (Lipinski definition) is 0. The number of amides is 1. The molecule has 0 atom stereocenters.